The number of benzene rings is 1. The highest BCUT2D eigenvalue weighted by molar-refractivity contribution is 5.95. The molecule has 1 aliphatic rings. The summed E-state index contributed by atoms with van der Waals surface area (Å²) in [4.78, 5) is 12.3. The van der Waals surface area contributed by atoms with Crippen LogP contribution in [0.5, 0.6) is 5.75 Å². The summed E-state index contributed by atoms with van der Waals surface area (Å²) < 4.78 is 7.18. The lowest BCUT2D eigenvalue weighted by Crippen LogP contribution is -2.36. The van der Waals surface area contributed by atoms with Crippen LogP contribution >= 0.6 is 0 Å². The van der Waals surface area contributed by atoms with Gasteiger partial charge in [-0.25, -0.2) is 0 Å². The third kappa shape index (κ3) is 2.96. The van der Waals surface area contributed by atoms with E-state index in [-0.39, 0.29) is 11.9 Å². The van der Waals surface area contributed by atoms with E-state index in [1.54, 1.807) is 24.1 Å². The monoisotopic (exact) mass is 300 g/mol. The van der Waals surface area contributed by atoms with Gasteiger partial charge in [0.15, 0.2) is 0 Å². The molecular weight excluding hydrogens is 280 g/mol. The summed E-state index contributed by atoms with van der Waals surface area (Å²) in [5.41, 5.74) is 2.50. The van der Waals surface area contributed by atoms with Crippen LogP contribution in [0.3, 0.4) is 0 Å². The Morgan fingerprint density at radius 3 is 3.00 bits per heavy atom. The molecule has 0 aliphatic carbocycles. The second kappa shape index (κ2) is 6.19. The zero-order valence-electron chi connectivity index (χ0n) is 12.8. The van der Waals surface area contributed by atoms with Gasteiger partial charge in [-0.05, 0) is 31.2 Å². The first-order chi connectivity index (χ1) is 10.7. The maximum Gasteiger partial charge on any atom is 0.251 e. The highest BCUT2D eigenvalue weighted by Crippen LogP contribution is 2.30. The van der Waals surface area contributed by atoms with E-state index < -0.39 is 0 Å². The average Bonchev–Trinajstić information content (AvgIpc) is 3.18. The van der Waals surface area contributed by atoms with Gasteiger partial charge < -0.3 is 15.4 Å². The third-order valence-electron chi connectivity index (χ3n) is 3.88. The third-order valence-corrected chi connectivity index (χ3v) is 3.88. The predicted molar refractivity (Wildman–Crippen MR) is 83.9 cm³/mol. The van der Waals surface area contributed by atoms with Gasteiger partial charge in [-0.2, -0.15) is 5.10 Å². The molecule has 0 bridgehead atoms. The number of nitrogens with one attached hydrogen (secondary N) is 2. The molecule has 6 nitrogen and oxygen atoms in total. The lowest BCUT2D eigenvalue weighted by atomic mass is 10.0. The molecule has 22 heavy (non-hydrogen) atoms. The van der Waals surface area contributed by atoms with Gasteiger partial charge in [0.05, 0.1) is 13.3 Å². The van der Waals surface area contributed by atoms with Crippen molar-refractivity contribution in [1.82, 2.24) is 20.4 Å². The van der Waals surface area contributed by atoms with Crippen LogP contribution in [-0.2, 0) is 7.05 Å². The maximum absolute atomic E-state index is 12.3. The number of aromatic nitrogens is 2. The van der Waals surface area contributed by atoms with Crippen LogP contribution in [0.4, 0.5) is 0 Å². The van der Waals surface area contributed by atoms with Gasteiger partial charge in [-0.3, -0.25) is 9.48 Å². The summed E-state index contributed by atoms with van der Waals surface area (Å²) in [5.74, 6) is 0.606. The van der Waals surface area contributed by atoms with Gasteiger partial charge in [0.1, 0.15) is 5.75 Å². The first kappa shape index (κ1) is 14.6. The molecule has 1 aromatic heterocycles. The fourth-order valence-electron chi connectivity index (χ4n) is 2.68. The molecular formula is C16H20N4O2. The summed E-state index contributed by atoms with van der Waals surface area (Å²) in [6.07, 6.45) is 4.67. The minimum absolute atomic E-state index is 0.0651. The number of methoxy groups -OCH3 is 1. The Hall–Kier alpha value is -2.34. The summed E-state index contributed by atoms with van der Waals surface area (Å²) in [5, 5.41) is 10.4. The van der Waals surface area contributed by atoms with Crippen molar-refractivity contribution < 1.29 is 9.53 Å². The van der Waals surface area contributed by atoms with Crippen molar-refractivity contribution in [2.75, 3.05) is 20.2 Å². The second-order valence-corrected chi connectivity index (χ2v) is 5.48. The average molecular weight is 300 g/mol. The maximum atomic E-state index is 12.3. The second-order valence-electron chi connectivity index (χ2n) is 5.48. The first-order valence-corrected chi connectivity index (χ1v) is 7.36. The van der Waals surface area contributed by atoms with E-state index in [1.165, 1.54) is 0 Å². The van der Waals surface area contributed by atoms with E-state index >= 15 is 0 Å². The first-order valence-electron chi connectivity index (χ1n) is 7.36. The smallest absolute Gasteiger partial charge is 0.251 e. The van der Waals surface area contributed by atoms with Crippen molar-refractivity contribution in [2.24, 2.45) is 7.05 Å². The standard InChI is InChI=1S/C16H20N4O2/c1-20-10-12(8-18-20)14-4-3-11(7-15(14)22-2)16(21)19-13-5-6-17-9-13/h3-4,7-8,10,13,17H,5-6,9H2,1-2H3,(H,19,21)/t13-/m1/s1. The SMILES string of the molecule is COc1cc(C(=O)N[C@@H]2CCNC2)ccc1-c1cnn(C)c1. The van der Waals surface area contributed by atoms with E-state index in [2.05, 4.69) is 15.7 Å². The Balaban J connectivity index is 1.83. The quantitative estimate of drug-likeness (QED) is 0.890. The molecule has 1 amide bonds. The number of amides is 1. The largest absolute Gasteiger partial charge is 0.496 e. The van der Waals surface area contributed by atoms with Crippen molar-refractivity contribution in [3.05, 3.63) is 36.2 Å². The molecule has 1 atom stereocenters. The lowest BCUT2D eigenvalue weighted by Gasteiger charge is -2.13. The predicted octanol–water partition coefficient (Wildman–Crippen LogP) is 1.19. The fraction of sp³-hybridized carbons (Fsp3) is 0.375. The molecule has 0 saturated carbocycles. The molecule has 116 valence electrons. The number of hydrogen-bond donors (Lipinski definition) is 2. The zero-order valence-corrected chi connectivity index (χ0v) is 12.8. The van der Waals surface area contributed by atoms with Crippen LogP contribution in [0, 0.1) is 0 Å². The Kier molecular flexibility index (Phi) is 4.11. The van der Waals surface area contributed by atoms with Crippen LogP contribution in [0.15, 0.2) is 30.6 Å². The number of carbonyl (C=O) groups is 1. The van der Waals surface area contributed by atoms with Gasteiger partial charge >= 0.3 is 0 Å². The summed E-state index contributed by atoms with van der Waals surface area (Å²) >= 11 is 0. The lowest BCUT2D eigenvalue weighted by molar-refractivity contribution is 0.0939. The van der Waals surface area contributed by atoms with Crippen LogP contribution in [0.1, 0.15) is 16.8 Å². The number of aryl methyl sites for hydroxylation is 1. The van der Waals surface area contributed by atoms with Crippen LogP contribution in [0.25, 0.3) is 11.1 Å². The minimum atomic E-state index is -0.0651. The molecule has 1 fully saturated rings. The number of nitrogens with zero attached hydrogens (tertiary/aromatic N) is 2. The molecule has 3 rings (SSSR count). The Morgan fingerprint density at radius 1 is 1.50 bits per heavy atom. The number of carbonyl (C=O) groups excluding carboxylic acids is 1. The van der Waals surface area contributed by atoms with Crippen LogP contribution < -0.4 is 15.4 Å². The van der Waals surface area contributed by atoms with Crippen molar-refractivity contribution in [3.8, 4) is 16.9 Å². The molecule has 0 unspecified atom stereocenters. The number of rotatable bonds is 4. The highest BCUT2D eigenvalue weighted by atomic mass is 16.5. The van der Waals surface area contributed by atoms with E-state index in [1.807, 2.05) is 25.4 Å². The molecule has 1 saturated heterocycles. The van der Waals surface area contributed by atoms with Gasteiger partial charge in [-0.15, -0.1) is 0 Å². The molecule has 1 aliphatic heterocycles. The van der Waals surface area contributed by atoms with Gasteiger partial charge in [0.2, 0.25) is 0 Å². The fourth-order valence-corrected chi connectivity index (χ4v) is 2.68. The van der Waals surface area contributed by atoms with Crippen LogP contribution in [-0.4, -0.2) is 41.9 Å². The van der Waals surface area contributed by atoms with E-state index in [4.69, 9.17) is 4.74 Å². The zero-order chi connectivity index (χ0) is 15.5. The van der Waals surface area contributed by atoms with Crippen molar-refractivity contribution >= 4 is 5.91 Å². The molecule has 0 spiro atoms. The van der Waals surface area contributed by atoms with E-state index in [0.29, 0.717) is 11.3 Å². The Labute approximate surface area is 129 Å². The Morgan fingerprint density at radius 2 is 2.36 bits per heavy atom. The van der Waals surface area contributed by atoms with Gasteiger partial charge in [0.25, 0.3) is 5.91 Å². The highest BCUT2D eigenvalue weighted by Gasteiger charge is 2.18. The summed E-state index contributed by atoms with van der Waals surface area (Å²) in [6, 6.07) is 5.71. The van der Waals surface area contributed by atoms with Crippen molar-refractivity contribution in [1.29, 1.82) is 0 Å². The topological polar surface area (TPSA) is 68.2 Å². The Bertz CT molecular complexity index is 675. The van der Waals surface area contributed by atoms with E-state index in [9.17, 15) is 4.79 Å². The molecule has 0 radical (unpaired) electrons. The van der Waals surface area contributed by atoms with E-state index in [0.717, 1.165) is 30.6 Å². The van der Waals surface area contributed by atoms with Crippen molar-refractivity contribution in [2.45, 2.75) is 12.5 Å². The molecule has 2 heterocycles. The van der Waals surface area contributed by atoms with Gasteiger partial charge in [0, 0.05) is 42.5 Å². The van der Waals surface area contributed by atoms with Crippen molar-refractivity contribution in [3.63, 3.8) is 0 Å². The summed E-state index contributed by atoms with van der Waals surface area (Å²) in [6.45, 7) is 1.78. The van der Waals surface area contributed by atoms with Crippen LogP contribution in [0.2, 0.25) is 0 Å². The molecule has 1 aromatic carbocycles. The number of hydrogen-bond acceptors (Lipinski definition) is 4. The molecule has 2 N–H and O–H groups in total. The molecule has 2 aromatic rings. The summed E-state index contributed by atoms with van der Waals surface area (Å²) in [7, 11) is 3.48. The van der Waals surface area contributed by atoms with Gasteiger partial charge in [-0.1, -0.05) is 0 Å². The minimum Gasteiger partial charge on any atom is -0.496 e. The molecule has 6 heteroatoms. The number of ether oxygens (including phenoxy) is 1. The normalized spacial score (nSPS) is 17.5.